The van der Waals surface area contributed by atoms with Crippen LogP contribution in [0.25, 0.3) is 0 Å². The monoisotopic (exact) mass is 288 g/mol. The number of nitro groups is 1. The first-order valence-corrected chi connectivity index (χ1v) is 5.63. The molecule has 16 heavy (non-hydrogen) atoms. The Balaban J connectivity index is 2.88. The first kappa shape index (κ1) is 12.9. The van der Waals surface area contributed by atoms with Crippen LogP contribution in [0.5, 0.6) is 5.75 Å². The molecule has 0 aromatic heterocycles. The number of nitrogens with zero attached hydrogens (tertiary/aromatic N) is 1. The second kappa shape index (κ2) is 5.81. The molecule has 2 N–H and O–H groups in total. The topological polar surface area (TPSA) is 78.4 Å². The molecule has 0 spiro atoms. The number of ether oxygens (including phenoxy) is 1. The molecule has 0 saturated carbocycles. The molecule has 0 unspecified atom stereocenters. The van der Waals surface area contributed by atoms with E-state index in [9.17, 15) is 10.1 Å². The lowest BCUT2D eigenvalue weighted by Crippen LogP contribution is -2.06. The summed E-state index contributed by atoms with van der Waals surface area (Å²) in [6.45, 7) is 2.75. The lowest BCUT2D eigenvalue weighted by Gasteiger charge is -2.08. The zero-order chi connectivity index (χ0) is 12.1. The Kier molecular flexibility index (Phi) is 4.70. The van der Waals surface area contributed by atoms with Crippen molar-refractivity contribution in [3.8, 4) is 5.75 Å². The third-order valence-electron chi connectivity index (χ3n) is 2.05. The average Bonchev–Trinajstić information content (AvgIpc) is 2.22. The van der Waals surface area contributed by atoms with E-state index in [1.54, 1.807) is 13.0 Å². The van der Waals surface area contributed by atoms with Crippen LogP contribution in [0.4, 0.5) is 5.69 Å². The summed E-state index contributed by atoms with van der Waals surface area (Å²) in [4.78, 5) is 10.3. The van der Waals surface area contributed by atoms with Gasteiger partial charge < -0.3 is 10.5 Å². The van der Waals surface area contributed by atoms with E-state index in [1.165, 1.54) is 6.07 Å². The quantitative estimate of drug-likeness (QED) is 0.513. The number of benzene rings is 1. The normalized spacial score (nSPS) is 10.2. The van der Waals surface area contributed by atoms with Gasteiger partial charge in [-0.15, -0.1) is 0 Å². The highest BCUT2D eigenvalue weighted by molar-refractivity contribution is 9.10. The molecular weight excluding hydrogens is 276 g/mol. The van der Waals surface area contributed by atoms with Crippen LogP contribution in [-0.2, 0) is 0 Å². The van der Waals surface area contributed by atoms with Crippen molar-refractivity contribution in [2.24, 2.45) is 5.73 Å². The zero-order valence-corrected chi connectivity index (χ0v) is 10.5. The van der Waals surface area contributed by atoms with Gasteiger partial charge in [-0.25, -0.2) is 0 Å². The van der Waals surface area contributed by atoms with E-state index in [2.05, 4.69) is 15.9 Å². The van der Waals surface area contributed by atoms with Crippen molar-refractivity contribution in [2.75, 3.05) is 13.2 Å². The van der Waals surface area contributed by atoms with E-state index in [0.717, 1.165) is 6.42 Å². The number of nitrogens with two attached hydrogens (primary N) is 1. The molecule has 0 amide bonds. The van der Waals surface area contributed by atoms with E-state index >= 15 is 0 Å². The van der Waals surface area contributed by atoms with Crippen LogP contribution in [0.3, 0.4) is 0 Å². The molecule has 0 fully saturated rings. The molecule has 0 saturated heterocycles. The van der Waals surface area contributed by atoms with Gasteiger partial charge in [-0.2, -0.15) is 0 Å². The van der Waals surface area contributed by atoms with E-state index in [4.69, 9.17) is 10.5 Å². The molecule has 88 valence electrons. The van der Waals surface area contributed by atoms with Crippen LogP contribution >= 0.6 is 15.9 Å². The largest absolute Gasteiger partial charge is 0.492 e. The first-order valence-electron chi connectivity index (χ1n) is 4.83. The number of hydrogen-bond acceptors (Lipinski definition) is 4. The van der Waals surface area contributed by atoms with Crippen LogP contribution in [0, 0.1) is 17.0 Å². The van der Waals surface area contributed by atoms with Crippen molar-refractivity contribution < 1.29 is 9.66 Å². The highest BCUT2D eigenvalue weighted by atomic mass is 79.9. The summed E-state index contributed by atoms with van der Waals surface area (Å²) in [5.74, 6) is 0.608. The van der Waals surface area contributed by atoms with Crippen molar-refractivity contribution >= 4 is 21.6 Å². The van der Waals surface area contributed by atoms with Crippen molar-refractivity contribution in [1.29, 1.82) is 0 Å². The fraction of sp³-hybridized carbons (Fsp3) is 0.400. The molecule has 0 bridgehead atoms. The summed E-state index contributed by atoms with van der Waals surface area (Å²) in [5, 5.41) is 10.7. The maximum Gasteiger partial charge on any atom is 0.273 e. The lowest BCUT2D eigenvalue weighted by atomic mass is 10.2. The lowest BCUT2D eigenvalue weighted by molar-refractivity contribution is -0.385. The van der Waals surface area contributed by atoms with Gasteiger partial charge in [0.15, 0.2) is 0 Å². The van der Waals surface area contributed by atoms with E-state index in [-0.39, 0.29) is 5.69 Å². The Hall–Kier alpha value is -1.14. The second-order valence-electron chi connectivity index (χ2n) is 3.32. The Morgan fingerprint density at radius 2 is 2.25 bits per heavy atom. The van der Waals surface area contributed by atoms with Crippen LogP contribution in [0.1, 0.15) is 12.0 Å². The zero-order valence-electron chi connectivity index (χ0n) is 8.90. The smallest absolute Gasteiger partial charge is 0.273 e. The number of hydrogen-bond donors (Lipinski definition) is 1. The van der Waals surface area contributed by atoms with Gasteiger partial charge in [0.2, 0.25) is 0 Å². The van der Waals surface area contributed by atoms with Crippen molar-refractivity contribution in [2.45, 2.75) is 13.3 Å². The van der Waals surface area contributed by atoms with E-state index < -0.39 is 4.92 Å². The summed E-state index contributed by atoms with van der Waals surface area (Å²) < 4.78 is 6.03. The minimum Gasteiger partial charge on any atom is -0.492 e. The molecule has 0 aliphatic heterocycles. The molecule has 1 aromatic carbocycles. The first-order chi connectivity index (χ1) is 7.56. The summed E-state index contributed by atoms with van der Waals surface area (Å²) in [5.41, 5.74) is 6.00. The van der Waals surface area contributed by atoms with Gasteiger partial charge >= 0.3 is 0 Å². The highest BCUT2D eigenvalue weighted by Gasteiger charge is 2.14. The fourth-order valence-corrected chi connectivity index (χ4v) is 1.66. The van der Waals surface area contributed by atoms with Crippen LogP contribution < -0.4 is 10.5 Å². The van der Waals surface area contributed by atoms with Crippen LogP contribution in [-0.4, -0.2) is 18.1 Å². The molecule has 0 heterocycles. The predicted molar refractivity (Wildman–Crippen MR) is 64.7 cm³/mol. The van der Waals surface area contributed by atoms with Gasteiger partial charge in [0.1, 0.15) is 5.75 Å². The van der Waals surface area contributed by atoms with Crippen molar-refractivity contribution in [3.63, 3.8) is 0 Å². The van der Waals surface area contributed by atoms with Gasteiger partial charge in [-0.1, -0.05) is 0 Å². The predicted octanol–water partition coefficient (Wildman–Crippen LogP) is 2.39. The van der Waals surface area contributed by atoms with Crippen LogP contribution in [0.15, 0.2) is 16.6 Å². The second-order valence-corrected chi connectivity index (χ2v) is 4.17. The summed E-state index contributed by atoms with van der Waals surface area (Å²) >= 11 is 3.24. The molecule has 0 aliphatic carbocycles. The van der Waals surface area contributed by atoms with Crippen LogP contribution in [0.2, 0.25) is 0 Å². The number of halogens is 1. The standard InChI is InChI=1S/C10H13BrN2O3/c1-7-5-10(16-4-2-3-12)8(11)6-9(7)13(14)15/h5-6H,2-4,12H2,1H3. The van der Waals surface area contributed by atoms with E-state index in [0.29, 0.717) is 28.9 Å². The third-order valence-corrected chi connectivity index (χ3v) is 2.67. The average molecular weight is 289 g/mol. The summed E-state index contributed by atoms with van der Waals surface area (Å²) in [7, 11) is 0. The van der Waals surface area contributed by atoms with Gasteiger partial charge in [-0.3, -0.25) is 10.1 Å². The number of nitro benzene ring substituents is 1. The van der Waals surface area contributed by atoms with E-state index in [1.807, 2.05) is 0 Å². The molecule has 1 aromatic rings. The summed E-state index contributed by atoms with van der Waals surface area (Å²) in [6, 6.07) is 3.10. The molecule has 0 aliphatic rings. The van der Waals surface area contributed by atoms with Gasteiger partial charge in [0, 0.05) is 11.6 Å². The molecule has 6 heteroatoms. The molecular formula is C10H13BrN2O3. The maximum atomic E-state index is 10.7. The maximum absolute atomic E-state index is 10.7. The van der Waals surface area contributed by atoms with Gasteiger partial charge in [0.25, 0.3) is 5.69 Å². The number of rotatable bonds is 5. The Morgan fingerprint density at radius 1 is 1.56 bits per heavy atom. The fourth-order valence-electron chi connectivity index (χ4n) is 1.22. The molecule has 0 radical (unpaired) electrons. The molecule has 5 nitrogen and oxygen atoms in total. The van der Waals surface area contributed by atoms with Gasteiger partial charge in [0.05, 0.1) is 16.0 Å². The minimum absolute atomic E-state index is 0.0815. The third kappa shape index (κ3) is 3.18. The number of aryl methyl sites for hydroxylation is 1. The van der Waals surface area contributed by atoms with Crippen molar-refractivity contribution in [3.05, 3.63) is 32.3 Å². The van der Waals surface area contributed by atoms with Gasteiger partial charge in [-0.05, 0) is 41.9 Å². The Labute approximate surface area is 102 Å². The minimum atomic E-state index is -0.413. The molecule has 0 atom stereocenters. The molecule has 1 rings (SSSR count). The Bertz CT molecular complexity index is 396. The summed E-state index contributed by atoms with van der Waals surface area (Å²) in [6.07, 6.45) is 0.752. The SMILES string of the molecule is Cc1cc(OCCCN)c(Br)cc1[N+](=O)[O-]. The highest BCUT2D eigenvalue weighted by Crippen LogP contribution is 2.32. The van der Waals surface area contributed by atoms with Crippen molar-refractivity contribution in [1.82, 2.24) is 0 Å². The Morgan fingerprint density at radius 3 is 2.81 bits per heavy atom.